The van der Waals surface area contributed by atoms with E-state index >= 15 is 0 Å². The second-order valence-corrected chi connectivity index (χ2v) is 4.24. The standard InChI is InChI=1S/C9H12ClNOS/c1-6-3-8(13-5-6)9(12)11-7(2)4-10/h3,5,7H,4H2,1-2H3,(H,11,12). The highest BCUT2D eigenvalue weighted by atomic mass is 35.5. The number of halogens is 1. The molecule has 0 fully saturated rings. The monoisotopic (exact) mass is 217 g/mol. The summed E-state index contributed by atoms with van der Waals surface area (Å²) in [6.07, 6.45) is 0. The molecule has 72 valence electrons. The summed E-state index contributed by atoms with van der Waals surface area (Å²) in [6.45, 7) is 3.85. The number of rotatable bonds is 3. The van der Waals surface area contributed by atoms with Crippen molar-refractivity contribution in [3.8, 4) is 0 Å². The second-order valence-electron chi connectivity index (χ2n) is 3.02. The first-order valence-electron chi connectivity index (χ1n) is 4.05. The normalized spacial score (nSPS) is 12.5. The molecule has 1 heterocycles. The first kappa shape index (κ1) is 10.5. The van der Waals surface area contributed by atoms with Gasteiger partial charge >= 0.3 is 0 Å². The second kappa shape index (κ2) is 4.63. The fourth-order valence-electron chi connectivity index (χ4n) is 0.884. The Hall–Kier alpha value is -0.540. The van der Waals surface area contributed by atoms with Gasteiger partial charge in [0.2, 0.25) is 0 Å². The predicted molar refractivity (Wildman–Crippen MR) is 56.7 cm³/mol. The van der Waals surface area contributed by atoms with Crippen LogP contribution in [0.5, 0.6) is 0 Å². The zero-order valence-electron chi connectivity index (χ0n) is 7.63. The first-order chi connectivity index (χ1) is 6.13. The van der Waals surface area contributed by atoms with E-state index in [1.807, 2.05) is 25.3 Å². The quantitative estimate of drug-likeness (QED) is 0.775. The van der Waals surface area contributed by atoms with Crippen LogP contribution in [0.3, 0.4) is 0 Å². The molecule has 0 aliphatic rings. The van der Waals surface area contributed by atoms with E-state index in [0.29, 0.717) is 5.88 Å². The van der Waals surface area contributed by atoms with Gasteiger partial charge in [-0.1, -0.05) is 0 Å². The van der Waals surface area contributed by atoms with Crippen molar-refractivity contribution in [3.63, 3.8) is 0 Å². The summed E-state index contributed by atoms with van der Waals surface area (Å²) in [5.41, 5.74) is 1.12. The van der Waals surface area contributed by atoms with E-state index in [4.69, 9.17) is 11.6 Å². The van der Waals surface area contributed by atoms with Crippen molar-refractivity contribution in [2.75, 3.05) is 5.88 Å². The average molecular weight is 218 g/mol. The van der Waals surface area contributed by atoms with Crippen molar-refractivity contribution >= 4 is 28.8 Å². The van der Waals surface area contributed by atoms with Gasteiger partial charge in [-0.05, 0) is 30.9 Å². The molecule has 0 aliphatic heterocycles. The maximum Gasteiger partial charge on any atom is 0.261 e. The van der Waals surface area contributed by atoms with Crippen LogP contribution in [0, 0.1) is 6.92 Å². The maximum absolute atomic E-state index is 11.5. The maximum atomic E-state index is 11.5. The Morgan fingerprint density at radius 2 is 2.46 bits per heavy atom. The lowest BCUT2D eigenvalue weighted by Gasteiger charge is -2.08. The number of carbonyl (C=O) groups excluding carboxylic acids is 1. The molecule has 1 rings (SSSR count). The number of carbonyl (C=O) groups is 1. The lowest BCUT2D eigenvalue weighted by Crippen LogP contribution is -2.33. The number of amides is 1. The summed E-state index contributed by atoms with van der Waals surface area (Å²) in [7, 11) is 0. The lowest BCUT2D eigenvalue weighted by molar-refractivity contribution is 0.0947. The van der Waals surface area contributed by atoms with E-state index in [1.165, 1.54) is 11.3 Å². The van der Waals surface area contributed by atoms with Gasteiger partial charge in [-0.3, -0.25) is 4.79 Å². The van der Waals surface area contributed by atoms with Crippen LogP contribution in [-0.2, 0) is 0 Å². The van der Waals surface area contributed by atoms with Crippen molar-refractivity contribution in [3.05, 3.63) is 21.9 Å². The average Bonchev–Trinajstić information content (AvgIpc) is 2.51. The van der Waals surface area contributed by atoms with Gasteiger partial charge < -0.3 is 5.32 Å². The van der Waals surface area contributed by atoms with Crippen molar-refractivity contribution < 1.29 is 4.79 Å². The molecule has 0 radical (unpaired) electrons. The molecule has 1 unspecified atom stereocenters. The third kappa shape index (κ3) is 3.01. The van der Waals surface area contributed by atoms with E-state index in [1.54, 1.807) is 0 Å². The summed E-state index contributed by atoms with van der Waals surface area (Å²) < 4.78 is 0. The zero-order chi connectivity index (χ0) is 9.84. The SMILES string of the molecule is Cc1csc(C(=O)NC(C)CCl)c1. The minimum atomic E-state index is -0.0359. The molecule has 13 heavy (non-hydrogen) atoms. The Balaban J connectivity index is 2.58. The highest BCUT2D eigenvalue weighted by molar-refractivity contribution is 7.12. The molecule has 0 spiro atoms. The molecule has 1 N–H and O–H groups in total. The smallest absolute Gasteiger partial charge is 0.261 e. The van der Waals surface area contributed by atoms with Crippen LogP contribution in [0.1, 0.15) is 22.2 Å². The van der Waals surface area contributed by atoms with Crippen LogP contribution in [-0.4, -0.2) is 17.8 Å². The van der Waals surface area contributed by atoms with Gasteiger partial charge in [0.15, 0.2) is 0 Å². The molecule has 0 aliphatic carbocycles. The minimum Gasteiger partial charge on any atom is -0.348 e. The van der Waals surface area contributed by atoms with E-state index in [9.17, 15) is 4.79 Å². The van der Waals surface area contributed by atoms with Crippen LogP contribution in [0.4, 0.5) is 0 Å². The molecule has 1 aromatic rings. The van der Waals surface area contributed by atoms with E-state index in [0.717, 1.165) is 10.4 Å². The fraction of sp³-hybridized carbons (Fsp3) is 0.444. The van der Waals surface area contributed by atoms with Gasteiger partial charge in [0, 0.05) is 11.9 Å². The number of aryl methyl sites for hydroxylation is 1. The van der Waals surface area contributed by atoms with Gasteiger partial charge in [0.1, 0.15) is 0 Å². The molecule has 2 nitrogen and oxygen atoms in total. The van der Waals surface area contributed by atoms with Crippen LogP contribution < -0.4 is 5.32 Å². The summed E-state index contributed by atoms with van der Waals surface area (Å²) in [5, 5.41) is 4.76. The lowest BCUT2D eigenvalue weighted by atomic mass is 10.3. The fourth-order valence-corrected chi connectivity index (χ4v) is 1.76. The van der Waals surface area contributed by atoms with Crippen LogP contribution >= 0.6 is 22.9 Å². The number of thiophene rings is 1. The molecule has 4 heteroatoms. The predicted octanol–water partition coefficient (Wildman–Crippen LogP) is 2.41. The Morgan fingerprint density at radius 1 is 1.77 bits per heavy atom. The van der Waals surface area contributed by atoms with Crippen LogP contribution in [0.25, 0.3) is 0 Å². The molecule has 1 aromatic heterocycles. The Labute approximate surface area is 86.9 Å². The van der Waals surface area contributed by atoms with Crippen molar-refractivity contribution in [2.24, 2.45) is 0 Å². The topological polar surface area (TPSA) is 29.1 Å². The van der Waals surface area contributed by atoms with Crippen molar-refractivity contribution in [1.29, 1.82) is 0 Å². The largest absolute Gasteiger partial charge is 0.348 e. The van der Waals surface area contributed by atoms with E-state index < -0.39 is 0 Å². The third-order valence-electron chi connectivity index (χ3n) is 1.56. The van der Waals surface area contributed by atoms with Gasteiger partial charge in [-0.15, -0.1) is 22.9 Å². The van der Waals surface area contributed by atoms with Gasteiger partial charge in [-0.2, -0.15) is 0 Å². The molecule has 0 saturated carbocycles. The molecular formula is C9H12ClNOS. The van der Waals surface area contributed by atoms with E-state index in [-0.39, 0.29) is 11.9 Å². The van der Waals surface area contributed by atoms with Crippen molar-refractivity contribution in [2.45, 2.75) is 19.9 Å². The molecule has 0 bridgehead atoms. The van der Waals surface area contributed by atoms with Crippen LogP contribution in [0.2, 0.25) is 0 Å². The van der Waals surface area contributed by atoms with Gasteiger partial charge in [0.05, 0.1) is 4.88 Å². The summed E-state index contributed by atoms with van der Waals surface area (Å²) in [6, 6.07) is 1.90. The molecule has 1 amide bonds. The Morgan fingerprint density at radius 3 is 2.92 bits per heavy atom. The molecule has 1 atom stereocenters. The zero-order valence-corrected chi connectivity index (χ0v) is 9.21. The van der Waals surface area contributed by atoms with Crippen molar-refractivity contribution in [1.82, 2.24) is 5.32 Å². The molecule has 0 aromatic carbocycles. The van der Waals surface area contributed by atoms with Crippen LogP contribution in [0.15, 0.2) is 11.4 Å². The summed E-state index contributed by atoms with van der Waals surface area (Å²) in [4.78, 5) is 12.2. The van der Waals surface area contributed by atoms with E-state index in [2.05, 4.69) is 5.32 Å². The molecule has 0 saturated heterocycles. The van der Waals surface area contributed by atoms with Gasteiger partial charge in [-0.25, -0.2) is 0 Å². The summed E-state index contributed by atoms with van der Waals surface area (Å²) in [5.74, 6) is 0.405. The highest BCUT2D eigenvalue weighted by Crippen LogP contribution is 2.13. The highest BCUT2D eigenvalue weighted by Gasteiger charge is 2.09. The third-order valence-corrected chi connectivity index (χ3v) is 3.07. The summed E-state index contributed by atoms with van der Waals surface area (Å²) >= 11 is 7.03. The molecular weight excluding hydrogens is 206 g/mol. The number of nitrogens with one attached hydrogen (secondary N) is 1. The minimum absolute atomic E-state index is 0.0246. The number of hydrogen-bond acceptors (Lipinski definition) is 2. The Kier molecular flexibility index (Phi) is 3.75. The Bertz CT molecular complexity index is 298. The van der Waals surface area contributed by atoms with Gasteiger partial charge in [0.25, 0.3) is 5.91 Å². The number of hydrogen-bond donors (Lipinski definition) is 1. The first-order valence-corrected chi connectivity index (χ1v) is 5.47. The number of alkyl halides is 1.